The lowest BCUT2D eigenvalue weighted by Gasteiger charge is -2.10. The van der Waals surface area contributed by atoms with Crippen molar-refractivity contribution in [1.82, 2.24) is 0 Å². The monoisotopic (exact) mass is 353 g/mol. The van der Waals surface area contributed by atoms with E-state index in [1.54, 1.807) is 0 Å². The van der Waals surface area contributed by atoms with Crippen LogP contribution in [0.5, 0.6) is 0 Å². The summed E-state index contributed by atoms with van der Waals surface area (Å²) in [5, 5.41) is 10.1. The SMILES string of the molecule is [c]1ccc2cc3ccccc3cc2c1-c1ccc2cc3ccccc3cc2c1. The molecular formula is C28H17. The Bertz CT molecular complexity index is 1510. The molecule has 0 heterocycles. The second-order valence-corrected chi connectivity index (χ2v) is 7.40. The predicted molar refractivity (Wildman–Crippen MR) is 121 cm³/mol. The van der Waals surface area contributed by atoms with E-state index >= 15 is 0 Å². The third-order valence-electron chi connectivity index (χ3n) is 5.67. The average molecular weight is 353 g/mol. The number of hydrogen-bond donors (Lipinski definition) is 0. The van der Waals surface area contributed by atoms with Gasteiger partial charge in [0.2, 0.25) is 0 Å². The first-order chi connectivity index (χ1) is 13.8. The van der Waals surface area contributed by atoms with Crippen LogP contribution >= 0.6 is 0 Å². The minimum atomic E-state index is 1.17. The fourth-order valence-corrected chi connectivity index (χ4v) is 4.24. The fraction of sp³-hybridized carbons (Fsp3) is 0. The van der Waals surface area contributed by atoms with Crippen molar-refractivity contribution in [2.24, 2.45) is 0 Å². The minimum Gasteiger partial charge on any atom is -0.0616 e. The van der Waals surface area contributed by atoms with Crippen LogP contribution in [0.2, 0.25) is 0 Å². The van der Waals surface area contributed by atoms with Gasteiger partial charge in [0.25, 0.3) is 0 Å². The van der Waals surface area contributed by atoms with E-state index in [2.05, 4.69) is 103 Å². The first-order valence-electron chi connectivity index (χ1n) is 9.61. The van der Waals surface area contributed by atoms with Gasteiger partial charge in [0.05, 0.1) is 0 Å². The molecule has 0 N–H and O–H groups in total. The summed E-state index contributed by atoms with van der Waals surface area (Å²) >= 11 is 0. The summed E-state index contributed by atoms with van der Waals surface area (Å²) < 4.78 is 0. The van der Waals surface area contributed by atoms with Crippen molar-refractivity contribution in [2.45, 2.75) is 0 Å². The van der Waals surface area contributed by atoms with E-state index in [0.717, 1.165) is 0 Å². The molecule has 0 amide bonds. The maximum atomic E-state index is 3.49. The summed E-state index contributed by atoms with van der Waals surface area (Å²) in [5.41, 5.74) is 2.38. The molecule has 0 fully saturated rings. The quantitative estimate of drug-likeness (QED) is 0.265. The zero-order valence-corrected chi connectivity index (χ0v) is 15.3. The van der Waals surface area contributed by atoms with Gasteiger partial charge in [0.1, 0.15) is 0 Å². The molecule has 0 bridgehead atoms. The van der Waals surface area contributed by atoms with Crippen molar-refractivity contribution in [3.8, 4) is 11.1 Å². The molecule has 0 saturated heterocycles. The Morgan fingerprint density at radius 2 is 1.00 bits per heavy atom. The van der Waals surface area contributed by atoms with Crippen molar-refractivity contribution >= 4 is 43.1 Å². The van der Waals surface area contributed by atoms with Crippen molar-refractivity contribution in [3.05, 3.63) is 109 Å². The summed E-state index contributed by atoms with van der Waals surface area (Å²) in [6.07, 6.45) is 0. The molecule has 0 aromatic heterocycles. The normalized spacial score (nSPS) is 11.6. The Morgan fingerprint density at radius 1 is 0.429 bits per heavy atom. The van der Waals surface area contributed by atoms with Crippen LogP contribution < -0.4 is 0 Å². The largest absolute Gasteiger partial charge is 0.0616 e. The van der Waals surface area contributed by atoms with Crippen LogP contribution in [0.15, 0.2) is 103 Å². The van der Waals surface area contributed by atoms with Gasteiger partial charge in [0.15, 0.2) is 0 Å². The molecule has 0 aliphatic heterocycles. The molecule has 0 heteroatoms. The second kappa shape index (κ2) is 5.94. The molecule has 0 atom stereocenters. The Labute approximate surface area is 163 Å². The van der Waals surface area contributed by atoms with E-state index in [1.807, 2.05) is 6.07 Å². The van der Waals surface area contributed by atoms with Crippen molar-refractivity contribution in [2.75, 3.05) is 0 Å². The molecule has 129 valence electrons. The molecular weight excluding hydrogens is 336 g/mol. The highest BCUT2D eigenvalue weighted by Gasteiger charge is 2.07. The van der Waals surface area contributed by atoms with Crippen LogP contribution in [-0.2, 0) is 0 Å². The van der Waals surface area contributed by atoms with Gasteiger partial charge in [0, 0.05) is 0 Å². The average Bonchev–Trinajstić information content (AvgIpc) is 2.75. The summed E-state index contributed by atoms with van der Waals surface area (Å²) in [6.45, 7) is 0. The van der Waals surface area contributed by atoms with Crippen molar-refractivity contribution in [1.29, 1.82) is 0 Å². The molecule has 6 rings (SSSR count). The van der Waals surface area contributed by atoms with E-state index in [-0.39, 0.29) is 0 Å². The number of fused-ring (bicyclic) bond motifs is 4. The van der Waals surface area contributed by atoms with Crippen LogP contribution in [0, 0.1) is 6.07 Å². The smallest absolute Gasteiger partial charge is 0.00262 e. The molecule has 0 nitrogen and oxygen atoms in total. The molecule has 0 aliphatic carbocycles. The fourth-order valence-electron chi connectivity index (χ4n) is 4.24. The Morgan fingerprint density at radius 3 is 1.71 bits per heavy atom. The second-order valence-electron chi connectivity index (χ2n) is 7.40. The number of rotatable bonds is 1. The molecule has 0 spiro atoms. The summed E-state index contributed by atoms with van der Waals surface area (Å²) in [7, 11) is 0. The lowest BCUT2D eigenvalue weighted by Crippen LogP contribution is -1.84. The molecule has 6 aromatic rings. The van der Waals surface area contributed by atoms with Gasteiger partial charge in [-0.2, -0.15) is 0 Å². The topological polar surface area (TPSA) is 0 Å². The Kier molecular flexibility index (Phi) is 3.27. The van der Waals surface area contributed by atoms with Crippen LogP contribution in [0.25, 0.3) is 54.2 Å². The predicted octanol–water partition coefficient (Wildman–Crippen LogP) is 7.77. The van der Waals surface area contributed by atoms with E-state index in [1.165, 1.54) is 54.2 Å². The molecule has 1 radical (unpaired) electrons. The van der Waals surface area contributed by atoms with E-state index in [4.69, 9.17) is 0 Å². The summed E-state index contributed by atoms with van der Waals surface area (Å²) in [4.78, 5) is 0. The van der Waals surface area contributed by atoms with Crippen LogP contribution in [0.3, 0.4) is 0 Å². The molecule has 0 saturated carbocycles. The third kappa shape index (κ3) is 2.39. The highest BCUT2D eigenvalue weighted by molar-refractivity contribution is 6.06. The first kappa shape index (κ1) is 15.4. The lowest BCUT2D eigenvalue weighted by molar-refractivity contribution is 1.68. The molecule has 0 unspecified atom stereocenters. The summed E-state index contributed by atoms with van der Waals surface area (Å²) in [6, 6.07) is 40.6. The van der Waals surface area contributed by atoms with E-state index < -0.39 is 0 Å². The third-order valence-corrected chi connectivity index (χ3v) is 5.67. The molecule has 28 heavy (non-hydrogen) atoms. The van der Waals surface area contributed by atoms with Crippen LogP contribution in [0.1, 0.15) is 0 Å². The standard InChI is InChI=1S/C28H17/c1-2-8-21-16-26-17-25(13-12-23(26)14-19(21)6-1)27-11-5-10-24-15-20-7-3-4-9-22(20)18-28(24)27/h1-10,12-18H. The van der Waals surface area contributed by atoms with E-state index in [9.17, 15) is 0 Å². The van der Waals surface area contributed by atoms with Gasteiger partial charge in [-0.3, -0.25) is 0 Å². The number of benzene rings is 6. The van der Waals surface area contributed by atoms with E-state index in [0.29, 0.717) is 0 Å². The molecule has 6 aromatic carbocycles. The maximum Gasteiger partial charge on any atom is -0.00262 e. The Balaban J connectivity index is 1.62. The van der Waals surface area contributed by atoms with Crippen LogP contribution in [-0.4, -0.2) is 0 Å². The highest BCUT2D eigenvalue weighted by Crippen LogP contribution is 2.34. The first-order valence-corrected chi connectivity index (χ1v) is 9.61. The van der Waals surface area contributed by atoms with Gasteiger partial charge in [-0.05, 0) is 90.6 Å². The highest BCUT2D eigenvalue weighted by atomic mass is 14.1. The van der Waals surface area contributed by atoms with Gasteiger partial charge in [-0.15, -0.1) is 0 Å². The number of hydrogen-bond acceptors (Lipinski definition) is 0. The maximum absolute atomic E-state index is 3.49. The van der Waals surface area contributed by atoms with Crippen LogP contribution in [0.4, 0.5) is 0 Å². The van der Waals surface area contributed by atoms with Gasteiger partial charge in [-0.1, -0.05) is 72.8 Å². The minimum absolute atomic E-state index is 1.17. The summed E-state index contributed by atoms with van der Waals surface area (Å²) in [5.74, 6) is 0. The zero-order chi connectivity index (χ0) is 18.5. The van der Waals surface area contributed by atoms with Gasteiger partial charge < -0.3 is 0 Å². The lowest BCUT2D eigenvalue weighted by atomic mass is 9.93. The van der Waals surface area contributed by atoms with Crippen molar-refractivity contribution in [3.63, 3.8) is 0 Å². The van der Waals surface area contributed by atoms with Gasteiger partial charge in [-0.25, -0.2) is 0 Å². The van der Waals surface area contributed by atoms with Crippen molar-refractivity contribution < 1.29 is 0 Å². The zero-order valence-electron chi connectivity index (χ0n) is 15.3. The van der Waals surface area contributed by atoms with Gasteiger partial charge >= 0.3 is 0 Å². The Hall–Kier alpha value is -3.64. The molecule has 0 aliphatic rings.